The number of carbonyl (C=O) groups is 1. The maximum atomic E-state index is 13.0. The highest BCUT2D eigenvalue weighted by Gasteiger charge is 2.03. The second-order valence-electron chi connectivity index (χ2n) is 4.28. The van der Waals surface area contributed by atoms with E-state index in [9.17, 15) is 9.18 Å². The highest BCUT2D eigenvalue weighted by Crippen LogP contribution is 2.20. The van der Waals surface area contributed by atoms with Gasteiger partial charge in [0.15, 0.2) is 0 Å². The first kappa shape index (κ1) is 15.3. The van der Waals surface area contributed by atoms with Gasteiger partial charge in [-0.1, -0.05) is 22.0 Å². The zero-order valence-electron chi connectivity index (χ0n) is 11.3. The van der Waals surface area contributed by atoms with Gasteiger partial charge in [-0.2, -0.15) is 0 Å². The summed E-state index contributed by atoms with van der Waals surface area (Å²) in [6, 6.07) is 11.8. The number of amides is 1. The summed E-state index contributed by atoms with van der Waals surface area (Å²) in [4.78, 5) is 11.1. The average Bonchev–Trinajstić information content (AvgIpc) is 2.48. The van der Waals surface area contributed by atoms with Gasteiger partial charge in [-0.15, -0.1) is 0 Å². The number of nitrogens with one attached hydrogen (secondary N) is 2. The van der Waals surface area contributed by atoms with E-state index in [1.807, 2.05) is 12.1 Å². The number of hydrogen-bond acceptors (Lipinski definition) is 3. The molecule has 0 spiro atoms. The Labute approximate surface area is 130 Å². The molecule has 21 heavy (non-hydrogen) atoms. The average molecular weight is 353 g/mol. The van der Waals surface area contributed by atoms with Crippen LogP contribution in [0.1, 0.15) is 5.56 Å². The molecule has 0 aliphatic rings. The minimum atomic E-state index is -0.508. The fraction of sp³-hybridized carbons (Fsp3) is 0.133. The Morgan fingerprint density at radius 1 is 1.19 bits per heavy atom. The molecule has 0 unspecified atom stereocenters. The summed E-state index contributed by atoms with van der Waals surface area (Å²) in [5.41, 5.74) is 2.49. The summed E-state index contributed by atoms with van der Waals surface area (Å²) in [5, 5.41) is 5.79. The van der Waals surface area contributed by atoms with Crippen LogP contribution < -0.4 is 10.6 Å². The molecule has 0 radical (unpaired) electrons. The topological polar surface area (TPSA) is 50.4 Å². The van der Waals surface area contributed by atoms with Crippen molar-refractivity contribution in [1.82, 2.24) is 0 Å². The second-order valence-corrected chi connectivity index (χ2v) is 5.14. The van der Waals surface area contributed by atoms with Crippen LogP contribution in [0.15, 0.2) is 46.9 Å². The first-order valence-electron chi connectivity index (χ1n) is 6.21. The van der Waals surface area contributed by atoms with Crippen LogP contribution in [0.2, 0.25) is 0 Å². The van der Waals surface area contributed by atoms with Crippen molar-refractivity contribution in [2.45, 2.75) is 6.54 Å². The molecule has 1 amide bonds. The summed E-state index contributed by atoms with van der Waals surface area (Å²) < 4.78 is 18.2. The molecule has 0 heterocycles. The van der Waals surface area contributed by atoms with E-state index in [2.05, 4.69) is 31.3 Å². The fourth-order valence-corrected chi connectivity index (χ4v) is 2.19. The predicted molar refractivity (Wildman–Crippen MR) is 83.9 cm³/mol. The van der Waals surface area contributed by atoms with Gasteiger partial charge in [0.05, 0.1) is 7.11 Å². The van der Waals surface area contributed by atoms with Crippen LogP contribution in [-0.2, 0) is 11.3 Å². The van der Waals surface area contributed by atoms with E-state index in [0.29, 0.717) is 12.2 Å². The summed E-state index contributed by atoms with van der Waals surface area (Å²) in [6.45, 7) is 0.560. The molecule has 2 aromatic rings. The minimum Gasteiger partial charge on any atom is -0.453 e. The highest BCUT2D eigenvalue weighted by molar-refractivity contribution is 9.10. The van der Waals surface area contributed by atoms with Crippen LogP contribution in [-0.4, -0.2) is 13.2 Å². The van der Waals surface area contributed by atoms with Crippen molar-refractivity contribution >= 4 is 33.4 Å². The Morgan fingerprint density at radius 3 is 2.48 bits per heavy atom. The van der Waals surface area contributed by atoms with Crippen LogP contribution >= 0.6 is 15.9 Å². The number of benzene rings is 2. The monoisotopic (exact) mass is 352 g/mol. The maximum absolute atomic E-state index is 13.0. The molecule has 0 atom stereocenters. The van der Waals surface area contributed by atoms with Gasteiger partial charge in [-0.05, 0) is 42.0 Å². The summed E-state index contributed by atoms with van der Waals surface area (Å²) in [6.07, 6.45) is -0.508. The third-order valence-electron chi connectivity index (χ3n) is 2.81. The highest BCUT2D eigenvalue weighted by atomic mass is 79.9. The van der Waals surface area contributed by atoms with Gasteiger partial charge in [0.2, 0.25) is 0 Å². The molecular formula is C15H14BrFN2O2. The lowest BCUT2D eigenvalue weighted by Crippen LogP contribution is -2.10. The van der Waals surface area contributed by atoms with Crippen LogP contribution in [0.25, 0.3) is 0 Å². The molecule has 0 fully saturated rings. The first-order chi connectivity index (χ1) is 10.1. The summed E-state index contributed by atoms with van der Waals surface area (Å²) >= 11 is 3.33. The smallest absolute Gasteiger partial charge is 0.411 e. The van der Waals surface area contributed by atoms with Gasteiger partial charge in [-0.25, -0.2) is 9.18 Å². The number of rotatable bonds is 4. The van der Waals surface area contributed by atoms with E-state index in [1.165, 1.54) is 19.2 Å². The number of anilines is 2. The SMILES string of the molecule is COC(=O)Nc1ccc(NCc2ccc(F)cc2Br)cc1. The first-order valence-corrected chi connectivity index (χ1v) is 7.00. The normalized spacial score (nSPS) is 10.0. The van der Waals surface area contributed by atoms with E-state index in [-0.39, 0.29) is 5.82 Å². The Morgan fingerprint density at radius 2 is 1.86 bits per heavy atom. The van der Waals surface area contributed by atoms with E-state index >= 15 is 0 Å². The third kappa shape index (κ3) is 4.46. The minimum absolute atomic E-state index is 0.274. The molecule has 4 nitrogen and oxygen atoms in total. The zero-order valence-corrected chi connectivity index (χ0v) is 12.9. The van der Waals surface area contributed by atoms with E-state index in [4.69, 9.17) is 0 Å². The number of hydrogen-bond donors (Lipinski definition) is 2. The molecule has 110 valence electrons. The molecule has 0 aliphatic heterocycles. The van der Waals surface area contributed by atoms with E-state index in [1.54, 1.807) is 18.2 Å². The molecule has 0 bridgehead atoms. The fourth-order valence-electron chi connectivity index (χ4n) is 1.70. The van der Waals surface area contributed by atoms with Gasteiger partial charge >= 0.3 is 6.09 Å². The van der Waals surface area contributed by atoms with Crippen LogP contribution in [0.3, 0.4) is 0 Å². The maximum Gasteiger partial charge on any atom is 0.411 e. The van der Waals surface area contributed by atoms with Crippen molar-refractivity contribution in [3.8, 4) is 0 Å². The van der Waals surface area contributed by atoms with Gasteiger partial charge < -0.3 is 10.1 Å². The number of ether oxygens (including phenoxy) is 1. The standard InChI is InChI=1S/C15H14BrFN2O2/c1-21-15(20)19-13-6-4-12(5-7-13)18-9-10-2-3-11(17)8-14(10)16/h2-8,18H,9H2,1H3,(H,19,20). The van der Waals surface area contributed by atoms with Crippen molar-refractivity contribution in [3.05, 3.63) is 58.3 Å². The molecule has 2 rings (SSSR count). The van der Waals surface area contributed by atoms with Crippen molar-refractivity contribution in [2.24, 2.45) is 0 Å². The number of methoxy groups -OCH3 is 1. The molecular weight excluding hydrogens is 339 g/mol. The summed E-state index contributed by atoms with van der Waals surface area (Å²) in [5.74, 6) is -0.274. The number of halogens is 2. The van der Waals surface area contributed by atoms with Crippen LogP contribution in [0, 0.1) is 5.82 Å². The molecule has 0 aliphatic carbocycles. The van der Waals surface area contributed by atoms with E-state index < -0.39 is 6.09 Å². The van der Waals surface area contributed by atoms with Crippen molar-refractivity contribution in [3.63, 3.8) is 0 Å². The lowest BCUT2D eigenvalue weighted by Gasteiger charge is -2.09. The number of carbonyl (C=O) groups excluding carboxylic acids is 1. The lowest BCUT2D eigenvalue weighted by atomic mass is 10.2. The van der Waals surface area contributed by atoms with E-state index in [0.717, 1.165) is 15.7 Å². The molecule has 0 saturated carbocycles. The van der Waals surface area contributed by atoms with Gasteiger partial charge in [-0.3, -0.25) is 5.32 Å². The van der Waals surface area contributed by atoms with Gasteiger partial charge in [0.1, 0.15) is 5.82 Å². The predicted octanol–water partition coefficient (Wildman–Crippen LogP) is 4.38. The van der Waals surface area contributed by atoms with Gasteiger partial charge in [0.25, 0.3) is 0 Å². The molecule has 2 aromatic carbocycles. The Bertz CT molecular complexity index is 632. The quantitative estimate of drug-likeness (QED) is 0.858. The lowest BCUT2D eigenvalue weighted by molar-refractivity contribution is 0.187. The molecule has 0 saturated heterocycles. The third-order valence-corrected chi connectivity index (χ3v) is 3.55. The molecule has 6 heteroatoms. The second kappa shape index (κ2) is 7.08. The summed E-state index contributed by atoms with van der Waals surface area (Å²) in [7, 11) is 1.31. The Kier molecular flexibility index (Phi) is 5.16. The Hall–Kier alpha value is -2.08. The van der Waals surface area contributed by atoms with Crippen molar-refractivity contribution in [2.75, 3.05) is 17.7 Å². The van der Waals surface area contributed by atoms with Crippen LogP contribution in [0.5, 0.6) is 0 Å². The molecule has 2 N–H and O–H groups in total. The molecule has 0 aromatic heterocycles. The van der Waals surface area contributed by atoms with Crippen molar-refractivity contribution in [1.29, 1.82) is 0 Å². The van der Waals surface area contributed by atoms with Gasteiger partial charge in [0, 0.05) is 22.4 Å². The Balaban J connectivity index is 1.96. The largest absolute Gasteiger partial charge is 0.453 e. The van der Waals surface area contributed by atoms with Crippen molar-refractivity contribution < 1.29 is 13.9 Å². The van der Waals surface area contributed by atoms with Crippen LogP contribution in [0.4, 0.5) is 20.6 Å². The zero-order chi connectivity index (χ0) is 15.2.